The number of pyridine rings is 1. The van der Waals surface area contributed by atoms with E-state index in [0.29, 0.717) is 29.4 Å². The minimum atomic E-state index is -0.866. The summed E-state index contributed by atoms with van der Waals surface area (Å²) >= 11 is 0. The second kappa shape index (κ2) is 8.90. The largest absolute Gasteiger partial charge is 0.481 e. The number of hydrogen-bond acceptors (Lipinski definition) is 7. The monoisotopic (exact) mass is 454 g/mol. The van der Waals surface area contributed by atoms with E-state index in [2.05, 4.69) is 25.0 Å². The van der Waals surface area contributed by atoms with Crippen LogP contribution in [0.15, 0.2) is 42.6 Å². The molecule has 2 heterocycles. The van der Waals surface area contributed by atoms with E-state index in [0.717, 1.165) is 25.7 Å². The third-order valence-electron chi connectivity index (χ3n) is 6.31. The summed E-state index contributed by atoms with van der Waals surface area (Å²) in [6.45, 7) is 0. The van der Waals surface area contributed by atoms with Crippen molar-refractivity contribution < 1.29 is 23.7 Å². The highest BCUT2D eigenvalue weighted by Gasteiger charge is 2.41. The van der Waals surface area contributed by atoms with Crippen molar-refractivity contribution in [3.63, 3.8) is 0 Å². The first-order valence-corrected chi connectivity index (χ1v) is 11.0. The van der Waals surface area contributed by atoms with Crippen LogP contribution in [0.4, 0.5) is 14.6 Å². The van der Waals surface area contributed by atoms with Gasteiger partial charge in [-0.15, -0.1) is 10.2 Å². The van der Waals surface area contributed by atoms with Crippen LogP contribution in [0.5, 0.6) is 11.6 Å². The van der Waals surface area contributed by atoms with E-state index in [4.69, 9.17) is 4.74 Å². The van der Waals surface area contributed by atoms with Gasteiger partial charge in [0, 0.05) is 23.9 Å². The number of methoxy groups -OCH3 is 1. The van der Waals surface area contributed by atoms with Crippen LogP contribution < -0.4 is 14.5 Å². The Kier molecular flexibility index (Phi) is 5.80. The minimum Gasteiger partial charge on any atom is -0.481 e. The van der Waals surface area contributed by atoms with Gasteiger partial charge in [0.2, 0.25) is 5.88 Å². The van der Waals surface area contributed by atoms with Gasteiger partial charge in [-0.1, -0.05) is 0 Å². The van der Waals surface area contributed by atoms with E-state index in [1.165, 1.54) is 25.4 Å². The van der Waals surface area contributed by atoms with E-state index < -0.39 is 12.0 Å². The molecule has 9 heteroatoms. The van der Waals surface area contributed by atoms with Crippen LogP contribution in [0.25, 0.3) is 22.4 Å². The maximum Gasteiger partial charge on any atom is 0.213 e. The van der Waals surface area contributed by atoms with Gasteiger partial charge in [-0.2, -0.15) is 0 Å². The van der Waals surface area contributed by atoms with Crippen molar-refractivity contribution in [2.24, 2.45) is 0 Å². The summed E-state index contributed by atoms with van der Waals surface area (Å²) in [7, 11) is 1.47. The molecule has 7 nitrogen and oxygen atoms in total. The van der Waals surface area contributed by atoms with Crippen molar-refractivity contribution in [3.8, 4) is 34.0 Å². The van der Waals surface area contributed by atoms with Gasteiger partial charge in [0.25, 0.3) is 0 Å². The predicted molar refractivity (Wildman–Crippen MR) is 119 cm³/mol. The van der Waals surface area contributed by atoms with Crippen LogP contribution in [0, 0.1) is 5.82 Å². The maximum absolute atomic E-state index is 15.0. The fraction of sp³-hybridized carbons (Fsp3) is 0.375. The third kappa shape index (κ3) is 4.20. The van der Waals surface area contributed by atoms with Gasteiger partial charge in [0.15, 0.2) is 11.6 Å². The molecular weight excluding hydrogens is 430 g/mol. The molecule has 0 saturated heterocycles. The summed E-state index contributed by atoms with van der Waals surface area (Å²) in [5.74, 6) is 0.448. The maximum atomic E-state index is 15.0. The molecule has 2 aliphatic carbocycles. The van der Waals surface area contributed by atoms with Gasteiger partial charge in [-0.05, 0) is 68.0 Å². The van der Waals surface area contributed by atoms with Gasteiger partial charge in [0.1, 0.15) is 12.0 Å². The molecule has 3 aromatic rings. The molecule has 0 aliphatic heterocycles. The first-order valence-electron chi connectivity index (χ1n) is 11.0. The Morgan fingerprint density at radius 2 is 1.88 bits per heavy atom. The van der Waals surface area contributed by atoms with Crippen molar-refractivity contribution in [2.75, 3.05) is 12.0 Å². The normalized spacial score (nSPS) is 20.0. The zero-order chi connectivity index (χ0) is 22.9. The Labute approximate surface area is 189 Å². The van der Waals surface area contributed by atoms with E-state index in [1.54, 1.807) is 24.3 Å². The molecule has 2 saturated carbocycles. The molecule has 1 aromatic carbocycles. The molecule has 33 heavy (non-hydrogen) atoms. The Morgan fingerprint density at radius 3 is 2.52 bits per heavy atom. The second-order valence-electron chi connectivity index (χ2n) is 8.44. The average molecular weight is 454 g/mol. The fourth-order valence-corrected chi connectivity index (χ4v) is 4.53. The lowest BCUT2D eigenvalue weighted by Crippen LogP contribution is -2.41. The first kappa shape index (κ1) is 21.5. The Morgan fingerprint density at radius 1 is 1.03 bits per heavy atom. The molecule has 0 bridgehead atoms. The second-order valence-corrected chi connectivity index (χ2v) is 8.44. The molecule has 0 radical (unpaired) electrons. The third-order valence-corrected chi connectivity index (χ3v) is 6.31. The zero-order valence-corrected chi connectivity index (χ0v) is 18.1. The molecule has 2 atom stereocenters. The summed E-state index contributed by atoms with van der Waals surface area (Å²) in [5, 5.41) is 18.1. The number of nitrogens with zero attached hydrogens (tertiary/aromatic N) is 4. The highest BCUT2D eigenvalue weighted by atomic mass is 19.1. The molecule has 2 unspecified atom stereocenters. The van der Waals surface area contributed by atoms with Crippen molar-refractivity contribution in [1.29, 1.82) is 0 Å². The summed E-state index contributed by atoms with van der Waals surface area (Å²) < 4.78 is 34.6. The van der Waals surface area contributed by atoms with Gasteiger partial charge >= 0.3 is 0 Å². The first-order chi connectivity index (χ1) is 16.1. The number of benzene rings is 1. The Hall–Kier alpha value is -3.33. The predicted octanol–water partition coefficient (Wildman–Crippen LogP) is 5.06. The summed E-state index contributed by atoms with van der Waals surface area (Å²) in [5.41, 5.74) is 1.31. The van der Waals surface area contributed by atoms with Crippen molar-refractivity contribution in [3.05, 3.63) is 48.4 Å². The number of halogens is 2. The van der Waals surface area contributed by atoms with Crippen molar-refractivity contribution in [1.82, 2.24) is 15.2 Å². The quantitative estimate of drug-likeness (QED) is 0.395. The number of alkyl halides is 1. The summed E-state index contributed by atoms with van der Waals surface area (Å²) in [6, 6.07) is 9.41. The minimum absolute atomic E-state index is 0.0305. The number of rotatable bonds is 7. The molecule has 2 fully saturated rings. The molecule has 5 rings (SSSR count). The lowest BCUT2D eigenvalue weighted by molar-refractivity contribution is -0.137. The number of anilines is 1. The van der Waals surface area contributed by atoms with E-state index >= 15 is 4.39 Å². The standard InChI is InChI=1S/C24H24F2N4O3/c1-32-24-11-14(9-10-27-24)16-13-22(33-31)17(12-19(16)26)20-7-8-23(29-28-20)30(15-5-6-15)21-4-2-3-18(21)25/h7-13,15,18,21,31H,2-6H2,1H3. The SMILES string of the molecule is COc1cc(-c2cc(OO)c(-c3ccc(N(C4CC4)C4CCCC4F)nn3)cc2F)ccn1. The van der Waals surface area contributed by atoms with Crippen LogP contribution in [-0.2, 0) is 0 Å². The van der Waals surface area contributed by atoms with E-state index in [9.17, 15) is 9.65 Å². The summed E-state index contributed by atoms with van der Waals surface area (Å²) in [4.78, 5) is 10.6. The fourth-order valence-electron chi connectivity index (χ4n) is 4.53. The molecule has 0 amide bonds. The highest BCUT2D eigenvalue weighted by molar-refractivity contribution is 5.75. The van der Waals surface area contributed by atoms with Gasteiger partial charge in [-0.3, -0.25) is 0 Å². The summed E-state index contributed by atoms with van der Waals surface area (Å²) in [6.07, 6.45) is 4.91. The highest BCUT2D eigenvalue weighted by Crippen LogP contribution is 2.40. The van der Waals surface area contributed by atoms with Gasteiger partial charge < -0.3 is 14.5 Å². The Balaban J connectivity index is 1.47. The van der Waals surface area contributed by atoms with Crippen molar-refractivity contribution in [2.45, 2.75) is 50.4 Å². The number of ether oxygens (including phenoxy) is 1. The lowest BCUT2D eigenvalue weighted by Gasteiger charge is -2.31. The van der Waals surface area contributed by atoms with E-state index in [1.807, 2.05) is 0 Å². The number of hydrogen-bond donors (Lipinski definition) is 1. The molecular formula is C24H24F2N4O3. The topological polar surface area (TPSA) is 80.6 Å². The van der Waals surface area contributed by atoms with Gasteiger partial charge in [0.05, 0.1) is 24.4 Å². The molecule has 172 valence electrons. The van der Waals surface area contributed by atoms with Crippen LogP contribution in [0.3, 0.4) is 0 Å². The van der Waals surface area contributed by atoms with E-state index in [-0.39, 0.29) is 29.0 Å². The molecule has 1 N–H and O–H groups in total. The molecule has 2 aliphatic rings. The Bertz CT molecular complexity index is 1140. The molecule has 2 aromatic heterocycles. The number of aromatic nitrogens is 3. The lowest BCUT2D eigenvalue weighted by atomic mass is 10.0. The van der Waals surface area contributed by atoms with Crippen LogP contribution in [-0.4, -0.2) is 45.8 Å². The van der Waals surface area contributed by atoms with Crippen molar-refractivity contribution >= 4 is 5.82 Å². The van der Waals surface area contributed by atoms with Gasteiger partial charge in [-0.25, -0.2) is 19.0 Å². The van der Waals surface area contributed by atoms with Crippen LogP contribution in [0.2, 0.25) is 0 Å². The van der Waals surface area contributed by atoms with Crippen LogP contribution >= 0.6 is 0 Å². The van der Waals surface area contributed by atoms with Crippen LogP contribution in [0.1, 0.15) is 32.1 Å². The average Bonchev–Trinajstić information content (AvgIpc) is 3.60. The molecule has 0 spiro atoms. The zero-order valence-electron chi connectivity index (χ0n) is 18.1. The smallest absolute Gasteiger partial charge is 0.213 e.